The summed E-state index contributed by atoms with van der Waals surface area (Å²) in [7, 11) is 0. The van der Waals surface area contributed by atoms with Crippen molar-refractivity contribution in [3.63, 3.8) is 0 Å². The fourth-order valence-electron chi connectivity index (χ4n) is 1.74. The van der Waals surface area contributed by atoms with Crippen molar-refractivity contribution in [3.05, 3.63) is 11.6 Å². The van der Waals surface area contributed by atoms with Gasteiger partial charge in [-0.2, -0.15) is 0 Å². The lowest BCUT2D eigenvalue weighted by Gasteiger charge is -2.16. The molecule has 0 bridgehead atoms. The molecule has 0 saturated carbocycles. The van der Waals surface area contributed by atoms with Crippen molar-refractivity contribution in [1.29, 1.82) is 0 Å². The van der Waals surface area contributed by atoms with Gasteiger partial charge in [0.2, 0.25) is 0 Å². The van der Waals surface area contributed by atoms with Gasteiger partial charge in [-0.1, -0.05) is 13.3 Å². The molecule has 0 unspecified atom stereocenters. The van der Waals surface area contributed by atoms with Gasteiger partial charge in [0, 0.05) is 6.07 Å². The molecule has 1 rings (SSSR count). The summed E-state index contributed by atoms with van der Waals surface area (Å²) in [6.07, 6.45) is 1.59. The quantitative estimate of drug-likeness (QED) is 0.436. The van der Waals surface area contributed by atoms with Gasteiger partial charge in [-0.25, -0.2) is 4.79 Å². The number of phenolic OH excluding ortho intramolecular Hbond substituents is 2. The Morgan fingerprint density at radius 2 is 1.81 bits per heavy atom. The van der Waals surface area contributed by atoms with E-state index >= 15 is 0 Å². The first kappa shape index (κ1) is 16.9. The predicted molar refractivity (Wildman–Crippen MR) is 77.3 cm³/mol. The van der Waals surface area contributed by atoms with Crippen LogP contribution in [0.2, 0.25) is 0 Å². The summed E-state index contributed by atoms with van der Waals surface area (Å²) in [6, 6.07) is 1.21. The summed E-state index contributed by atoms with van der Waals surface area (Å²) in [5.74, 6) is -1.50. The third-order valence-corrected chi connectivity index (χ3v) is 2.72. The van der Waals surface area contributed by atoms with Gasteiger partial charge < -0.3 is 24.4 Å². The van der Waals surface area contributed by atoms with Gasteiger partial charge in [0.25, 0.3) is 0 Å². The van der Waals surface area contributed by atoms with Gasteiger partial charge in [-0.15, -0.1) is 0 Å². The van der Waals surface area contributed by atoms with Crippen LogP contribution < -0.4 is 9.47 Å². The Hall–Kier alpha value is -2.11. The number of carbonyl (C=O) groups excluding carboxylic acids is 1. The van der Waals surface area contributed by atoms with Crippen molar-refractivity contribution in [2.45, 2.75) is 33.6 Å². The number of aromatic hydroxyl groups is 2. The van der Waals surface area contributed by atoms with Crippen molar-refractivity contribution in [3.8, 4) is 23.0 Å². The number of esters is 1. The van der Waals surface area contributed by atoms with E-state index in [2.05, 4.69) is 0 Å². The van der Waals surface area contributed by atoms with Crippen molar-refractivity contribution in [1.82, 2.24) is 0 Å². The first-order chi connectivity index (χ1) is 10.1. The van der Waals surface area contributed by atoms with E-state index in [1.807, 2.05) is 6.92 Å². The number of hydrogen-bond acceptors (Lipinski definition) is 6. The molecule has 118 valence electrons. The molecule has 0 saturated heterocycles. The van der Waals surface area contributed by atoms with Gasteiger partial charge in [-0.3, -0.25) is 0 Å². The SMILES string of the molecule is CCCCOC(=O)c1c(O)c(O)cc(OCC)c1OCC. The maximum Gasteiger partial charge on any atom is 0.346 e. The third-order valence-electron chi connectivity index (χ3n) is 2.72. The molecule has 1 aromatic carbocycles. The Balaban J connectivity index is 3.21. The highest BCUT2D eigenvalue weighted by molar-refractivity contribution is 5.97. The zero-order chi connectivity index (χ0) is 15.8. The second-order valence-electron chi connectivity index (χ2n) is 4.30. The van der Waals surface area contributed by atoms with Crippen LogP contribution in [0.25, 0.3) is 0 Å². The van der Waals surface area contributed by atoms with E-state index in [4.69, 9.17) is 14.2 Å². The first-order valence-electron chi connectivity index (χ1n) is 7.08. The Morgan fingerprint density at radius 1 is 1.14 bits per heavy atom. The zero-order valence-electron chi connectivity index (χ0n) is 12.6. The molecule has 6 heteroatoms. The minimum atomic E-state index is -0.749. The lowest BCUT2D eigenvalue weighted by Crippen LogP contribution is -2.11. The van der Waals surface area contributed by atoms with Crippen LogP contribution in [-0.4, -0.2) is 36.0 Å². The topological polar surface area (TPSA) is 85.2 Å². The van der Waals surface area contributed by atoms with Gasteiger partial charge in [0.05, 0.1) is 19.8 Å². The van der Waals surface area contributed by atoms with E-state index in [0.29, 0.717) is 13.0 Å². The van der Waals surface area contributed by atoms with E-state index in [1.165, 1.54) is 6.07 Å². The molecule has 0 aliphatic heterocycles. The maximum absolute atomic E-state index is 12.1. The van der Waals surface area contributed by atoms with Crippen LogP contribution >= 0.6 is 0 Å². The normalized spacial score (nSPS) is 10.2. The molecule has 0 radical (unpaired) electrons. The van der Waals surface area contributed by atoms with Crippen molar-refractivity contribution >= 4 is 5.97 Å². The molecule has 0 atom stereocenters. The third kappa shape index (κ3) is 4.18. The van der Waals surface area contributed by atoms with E-state index in [9.17, 15) is 15.0 Å². The summed E-state index contributed by atoms with van der Waals surface area (Å²) < 4.78 is 15.8. The Kier molecular flexibility index (Phi) is 6.65. The number of phenols is 2. The van der Waals surface area contributed by atoms with Crippen molar-refractivity contribution in [2.75, 3.05) is 19.8 Å². The molecule has 0 aliphatic rings. The van der Waals surface area contributed by atoms with Crippen LogP contribution in [0.4, 0.5) is 0 Å². The van der Waals surface area contributed by atoms with Crippen LogP contribution in [0.5, 0.6) is 23.0 Å². The van der Waals surface area contributed by atoms with E-state index in [1.54, 1.807) is 13.8 Å². The molecular weight excluding hydrogens is 276 g/mol. The van der Waals surface area contributed by atoms with Crippen molar-refractivity contribution < 1.29 is 29.2 Å². The summed E-state index contributed by atoms with van der Waals surface area (Å²) >= 11 is 0. The van der Waals surface area contributed by atoms with Crippen molar-refractivity contribution in [2.24, 2.45) is 0 Å². The monoisotopic (exact) mass is 298 g/mol. The van der Waals surface area contributed by atoms with Crippen LogP contribution in [-0.2, 0) is 4.74 Å². The smallest absolute Gasteiger partial charge is 0.346 e. The number of hydrogen-bond donors (Lipinski definition) is 2. The average Bonchev–Trinajstić information content (AvgIpc) is 2.45. The molecule has 2 N–H and O–H groups in total. The van der Waals surface area contributed by atoms with Gasteiger partial charge in [0.1, 0.15) is 0 Å². The summed E-state index contributed by atoms with van der Waals surface area (Å²) in [4.78, 5) is 12.1. The molecule has 0 spiro atoms. The second-order valence-corrected chi connectivity index (χ2v) is 4.30. The fourth-order valence-corrected chi connectivity index (χ4v) is 1.74. The average molecular weight is 298 g/mol. The van der Waals surface area contributed by atoms with Gasteiger partial charge in [0.15, 0.2) is 28.6 Å². The number of unbranched alkanes of at least 4 members (excludes halogenated alkanes) is 1. The molecule has 21 heavy (non-hydrogen) atoms. The Morgan fingerprint density at radius 3 is 2.38 bits per heavy atom. The second kappa shape index (κ2) is 8.24. The zero-order valence-corrected chi connectivity index (χ0v) is 12.6. The molecule has 0 aromatic heterocycles. The lowest BCUT2D eigenvalue weighted by molar-refractivity contribution is 0.0490. The molecule has 0 aliphatic carbocycles. The standard InChI is InChI=1S/C15H22O6/c1-4-7-8-21-15(18)12-13(17)10(16)9-11(19-5-2)14(12)20-6-3/h9,16-17H,4-8H2,1-3H3. The highest BCUT2D eigenvalue weighted by Gasteiger charge is 2.26. The van der Waals surface area contributed by atoms with Crippen LogP contribution in [0, 0.1) is 0 Å². The predicted octanol–water partition coefficient (Wildman–Crippen LogP) is 2.85. The molecule has 1 aromatic rings. The Labute approximate surface area is 124 Å². The van der Waals surface area contributed by atoms with Crippen LogP contribution in [0.3, 0.4) is 0 Å². The summed E-state index contributed by atoms with van der Waals surface area (Å²) in [5.41, 5.74) is -0.212. The number of carbonyl (C=O) groups is 1. The molecular formula is C15H22O6. The van der Waals surface area contributed by atoms with Crippen LogP contribution in [0.15, 0.2) is 6.07 Å². The van der Waals surface area contributed by atoms with E-state index in [-0.39, 0.29) is 30.3 Å². The minimum Gasteiger partial charge on any atom is -0.504 e. The number of ether oxygens (including phenoxy) is 3. The number of benzene rings is 1. The fraction of sp³-hybridized carbons (Fsp3) is 0.533. The highest BCUT2D eigenvalue weighted by atomic mass is 16.5. The maximum atomic E-state index is 12.1. The number of rotatable bonds is 8. The van der Waals surface area contributed by atoms with Crippen LogP contribution in [0.1, 0.15) is 44.0 Å². The largest absolute Gasteiger partial charge is 0.504 e. The minimum absolute atomic E-state index is 0.0798. The summed E-state index contributed by atoms with van der Waals surface area (Å²) in [5, 5.41) is 19.7. The van der Waals surface area contributed by atoms with Gasteiger partial charge in [-0.05, 0) is 20.3 Å². The molecule has 6 nitrogen and oxygen atoms in total. The van der Waals surface area contributed by atoms with E-state index < -0.39 is 17.5 Å². The highest BCUT2D eigenvalue weighted by Crippen LogP contribution is 2.43. The molecule has 0 fully saturated rings. The molecule has 0 heterocycles. The Bertz CT molecular complexity index is 484. The molecule has 0 amide bonds. The first-order valence-corrected chi connectivity index (χ1v) is 7.08. The summed E-state index contributed by atoms with van der Waals surface area (Å²) in [6.45, 7) is 6.32. The lowest BCUT2D eigenvalue weighted by atomic mass is 10.1. The van der Waals surface area contributed by atoms with E-state index in [0.717, 1.165) is 6.42 Å². The van der Waals surface area contributed by atoms with Gasteiger partial charge >= 0.3 is 5.97 Å².